The van der Waals surface area contributed by atoms with Crippen LogP contribution in [-0.2, 0) is 6.42 Å². The largest absolute Gasteiger partial charge is 0.370 e. The van der Waals surface area contributed by atoms with Gasteiger partial charge in [0.1, 0.15) is 5.82 Å². The van der Waals surface area contributed by atoms with E-state index in [1.165, 1.54) is 5.56 Å². The van der Waals surface area contributed by atoms with Gasteiger partial charge in [0.25, 0.3) is 5.91 Å². The van der Waals surface area contributed by atoms with Crippen LogP contribution in [0.4, 0.5) is 11.5 Å². The average molecular weight is 396 g/mol. The van der Waals surface area contributed by atoms with Crippen LogP contribution in [0.1, 0.15) is 15.9 Å². The highest BCUT2D eigenvalue weighted by molar-refractivity contribution is 9.10. The SMILES string of the molecule is O=C(Nc1ccccc1Br)c1ccnc(NCCc2ccccc2)c1. The molecule has 1 amide bonds. The molecule has 4 nitrogen and oxygen atoms in total. The number of benzene rings is 2. The number of carbonyl (C=O) groups is 1. The molecule has 0 atom stereocenters. The molecule has 0 aliphatic carbocycles. The van der Waals surface area contributed by atoms with Gasteiger partial charge in [-0.3, -0.25) is 4.79 Å². The highest BCUT2D eigenvalue weighted by atomic mass is 79.9. The van der Waals surface area contributed by atoms with Gasteiger partial charge in [0.15, 0.2) is 0 Å². The van der Waals surface area contributed by atoms with Crippen LogP contribution in [0, 0.1) is 0 Å². The number of rotatable bonds is 6. The molecule has 0 bridgehead atoms. The van der Waals surface area contributed by atoms with Gasteiger partial charge in [0.05, 0.1) is 5.69 Å². The maximum absolute atomic E-state index is 12.4. The summed E-state index contributed by atoms with van der Waals surface area (Å²) in [6.45, 7) is 0.756. The van der Waals surface area contributed by atoms with Crippen molar-refractivity contribution >= 4 is 33.3 Å². The van der Waals surface area contributed by atoms with Gasteiger partial charge in [-0.2, -0.15) is 0 Å². The molecule has 1 heterocycles. The topological polar surface area (TPSA) is 54.0 Å². The molecular formula is C20H18BrN3O. The first kappa shape index (κ1) is 17.2. The summed E-state index contributed by atoms with van der Waals surface area (Å²) in [7, 11) is 0. The van der Waals surface area contributed by atoms with E-state index in [1.54, 1.807) is 18.3 Å². The molecule has 2 N–H and O–H groups in total. The quantitative estimate of drug-likeness (QED) is 0.632. The number of nitrogens with zero attached hydrogens (tertiary/aromatic N) is 1. The fourth-order valence-electron chi connectivity index (χ4n) is 2.41. The van der Waals surface area contributed by atoms with Crippen LogP contribution in [0.25, 0.3) is 0 Å². The summed E-state index contributed by atoms with van der Waals surface area (Å²) in [5.74, 6) is 0.524. The molecule has 0 saturated heterocycles. The lowest BCUT2D eigenvalue weighted by Gasteiger charge is -2.09. The van der Waals surface area contributed by atoms with Crippen LogP contribution in [0.5, 0.6) is 0 Å². The molecular weight excluding hydrogens is 378 g/mol. The van der Waals surface area contributed by atoms with Gasteiger partial charge in [-0.05, 0) is 52.2 Å². The first-order chi connectivity index (χ1) is 12.2. The van der Waals surface area contributed by atoms with Crippen molar-refractivity contribution in [3.05, 3.63) is 88.5 Å². The molecule has 0 unspecified atom stereocenters. The Morgan fingerprint density at radius 1 is 1.00 bits per heavy atom. The van der Waals surface area contributed by atoms with E-state index in [4.69, 9.17) is 0 Å². The zero-order chi connectivity index (χ0) is 17.5. The molecule has 0 radical (unpaired) electrons. The van der Waals surface area contributed by atoms with Crippen LogP contribution < -0.4 is 10.6 Å². The van der Waals surface area contributed by atoms with E-state index in [1.807, 2.05) is 42.5 Å². The first-order valence-corrected chi connectivity index (χ1v) is 8.81. The summed E-state index contributed by atoms with van der Waals surface area (Å²) < 4.78 is 0.846. The molecule has 0 aliphatic heterocycles. The van der Waals surface area contributed by atoms with E-state index in [0.717, 1.165) is 23.1 Å². The Balaban J connectivity index is 1.61. The fourth-order valence-corrected chi connectivity index (χ4v) is 2.79. The minimum Gasteiger partial charge on any atom is -0.370 e. The van der Waals surface area contributed by atoms with Gasteiger partial charge in [0.2, 0.25) is 0 Å². The number of nitrogens with one attached hydrogen (secondary N) is 2. The highest BCUT2D eigenvalue weighted by Gasteiger charge is 2.09. The van der Waals surface area contributed by atoms with Crippen molar-refractivity contribution < 1.29 is 4.79 Å². The van der Waals surface area contributed by atoms with Crippen molar-refractivity contribution in [2.45, 2.75) is 6.42 Å². The Bertz CT molecular complexity index is 852. The Morgan fingerprint density at radius 3 is 2.56 bits per heavy atom. The Kier molecular flexibility index (Phi) is 5.80. The highest BCUT2D eigenvalue weighted by Crippen LogP contribution is 2.22. The van der Waals surface area contributed by atoms with Crippen molar-refractivity contribution in [2.24, 2.45) is 0 Å². The molecule has 0 fully saturated rings. The van der Waals surface area contributed by atoms with Gasteiger partial charge < -0.3 is 10.6 Å². The number of aromatic nitrogens is 1. The second-order valence-electron chi connectivity index (χ2n) is 5.53. The van der Waals surface area contributed by atoms with E-state index in [0.29, 0.717) is 11.4 Å². The maximum atomic E-state index is 12.4. The summed E-state index contributed by atoms with van der Waals surface area (Å²) in [5.41, 5.74) is 2.56. The Hall–Kier alpha value is -2.66. The predicted octanol–water partition coefficient (Wildman–Crippen LogP) is 4.75. The third-order valence-corrected chi connectivity index (χ3v) is 4.40. The predicted molar refractivity (Wildman–Crippen MR) is 105 cm³/mol. The Morgan fingerprint density at radius 2 is 1.76 bits per heavy atom. The minimum absolute atomic E-state index is 0.166. The number of carbonyl (C=O) groups excluding carboxylic acids is 1. The van der Waals surface area contributed by atoms with E-state index in [9.17, 15) is 4.79 Å². The summed E-state index contributed by atoms with van der Waals surface area (Å²) in [4.78, 5) is 16.7. The number of hydrogen-bond acceptors (Lipinski definition) is 3. The van der Waals surface area contributed by atoms with Crippen LogP contribution in [0.3, 0.4) is 0 Å². The minimum atomic E-state index is -0.166. The lowest BCUT2D eigenvalue weighted by molar-refractivity contribution is 0.102. The van der Waals surface area contributed by atoms with E-state index in [-0.39, 0.29) is 5.91 Å². The van der Waals surface area contributed by atoms with Gasteiger partial charge in [-0.25, -0.2) is 4.98 Å². The van der Waals surface area contributed by atoms with E-state index < -0.39 is 0 Å². The third-order valence-electron chi connectivity index (χ3n) is 3.71. The molecule has 0 spiro atoms. The number of pyridine rings is 1. The number of amides is 1. The molecule has 3 aromatic rings. The maximum Gasteiger partial charge on any atom is 0.255 e. The summed E-state index contributed by atoms with van der Waals surface area (Å²) in [6.07, 6.45) is 2.54. The molecule has 0 saturated carbocycles. The first-order valence-electron chi connectivity index (χ1n) is 8.02. The molecule has 25 heavy (non-hydrogen) atoms. The smallest absolute Gasteiger partial charge is 0.255 e. The molecule has 126 valence electrons. The summed E-state index contributed by atoms with van der Waals surface area (Å²) >= 11 is 3.43. The monoisotopic (exact) mass is 395 g/mol. The second-order valence-corrected chi connectivity index (χ2v) is 6.38. The fraction of sp³-hybridized carbons (Fsp3) is 0.100. The second kappa shape index (κ2) is 8.44. The molecule has 1 aromatic heterocycles. The number of para-hydroxylation sites is 1. The molecule has 0 aliphatic rings. The lowest BCUT2D eigenvalue weighted by atomic mass is 10.1. The van der Waals surface area contributed by atoms with Crippen molar-refractivity contribution in [1.82, 2.24) is 4.98 Å². The molecule has 3 rings (SSSR count). The molecule has 2 aromatic carbocycles. The summed E-state index contributed by atoms with van der Waals surface area (Å²) in [6, 6.07) is 21.2. The van der Waals surface area contributed by atoms with E-state index in [2.05, 4.69) is 43.7 Å². The van der Waals surface area contributed by atoms with Crippen LogP contribution in [-0.4, -0.2) is 17.4 Å². The number of halogens is 1. The van der Waals surface area contributed by atoms with Gasteiger partial charge >= 0.3 is 0 Å². The van der Waals surface area contributed by atoms with Gasteiger partial charge in [0, 0.05) is 22.8 Å². The zero-order valence-electron chi connectivity index (χ0n) is 13.6. The van der Waals surface area contributed by atoms with Crippen LogP contribution in [0.15, 0.2) is 77.4 Å². The standard InChI is InChI=1S/C20H18BrN3O/c21-17-8-4-5-9-18(17)24-20(25)16-11-13-23-19(14-16)22-12-10-15-6-2-1-3-7-15/h1-9,11,13-14H,10,12H2,(H,22,23)(H,24,25). The lowest BCUT2D eigenvalue weighted by Crippen LogP contribution is -2.13. The third kappa shape index (κ3) is 4.90. The van der Waals surface area contributed by atoms with Crippen molar-refractivity contribution in [1.29, 1.82) is 0 Å². The van der Waals surface area contributed by atoms with Gasteiger partial charge in [-0.15, -0.1) is 0 Å². The van der Waals surface area contributed by atoms with Crippen molar-refractivity contribution in [3.8, 4) is 0 Å². The van der Waals surface area contributed by atoms with Crippen LogP contribution >= 0.6 is 15.9 Å². The van der Waals surface area contributed by atoms with Crippen molar-refractivity contribution in [2.75, 3.05) is 17.2 Å². The van der Waals surface area contributed by atoms with Gasteiger partial charge in [-0.1, -0.05) is 42.5 Å². The number of hydrogen-bond donors (Lipinski definition) is 2. The summed E-state index contributed by atoms with van der Waals surface area (Å²) in [5, 5.41) is 6.16. The van der Waals surface area contributed by atoms with E-state index >= 15 is 0 Å². The normalized spacial score (nSPS) is 10.3. The van der Waals surface area contributed by atoms with Crippen LogP contribution in [0.2, 0.25) is 0 Å². The zero-order valence-corrected chi connectivity index (χ0v) is 15.2. The Labute approximate surface area is 155 Å². The van der Waals surface area contributed by atoms with Crippen molar-refractivity contribution in [3.63, 3.8) is 0 Å². The average Bonchev–Trinajstić information content (AvgIpc) is 2.65. The number of anilines is 2. The molecule has 5 heteroatoms.